The molecule has 0 aliphatic heterocycles. The van der Waals surface area contributed by atoms with E-state index in [9.17, 15) is 14.4 Å². The number of aromatic nitrogens is 4. The van der Waals surface area contributed by atoms with Gasteiger partial charge in [-0.1, -0.05) is 12.1 Å². The molecular formula is C22H19N5O4S. The first-order valence-corrected chi connectivity index (χ1v) is 10.4. The highest BCUT2D eigenvalue weighted by Gasteiger charge is 2.18. The number of nitrogens with one attached hydrogen (secondary N) is 2. The van der Waals surface area contributed by atoms with Crippen LogP contribution in [-0.2, 0) is 6.54 Å². The van der Waals surface area contributed by atoms with Crippen molar-refractivity contribution in [3.8, 4) is 22.0 Å². The zero-order chi connectivity index (χ0) is 22.7. The SMILES string of the molecule is COc1ccccc1-n1c(=O)[nH]cc(C(=O)NCc2sc(-c3cccnc3)nc2C)c1=O. The molecule has 0 atom stereocenters. The molecule has 0 saturated carbocycles. The summed E-state index contributed by atoms with van der Waals surface area (Å²) in [6.45, 7) is 2.04. The van der Waals surface area contributed by atoms with Gasteiger partial charge in [0.1, 0.15) is 16.3 Å². The molecule has 162 valence electrons. The Morgan fingerprint density at radius 1 is 1.22 bits per heavy atom. The second-order valence-corrected chi connectivity index (χ2v) is 7.86. The number of aromatic amines is 1. The molecule has 0 spiro atoms. The van der Waals surface area contributed by atoms with E-state index in [4.69, 9.17) is 4.74 Å². The fourth-order valence-electron chi connectivity index (χ4n) is 3.13. The Morgan fingerprint density at radius 3 is 2.78 bits per heavy atom. The lowest BCUT2D eigenvalue weighted by Crippen LogP contribution is -2.39. The Hall–Kier alpha value is -4.05. The van der Waals surface area contributed by atoms with Gasteiger partial charge in [-0.3, -0.25) is 14.6 Å². The molecule has 0 saturated heterocycles. The molecule has 0 bridgehead atoms. The highest BCUT2D eigenvalue weighted by atomic mass is 32.1. The smallest absolute Gasteiger partial charge is 0.333 e. The summed E-state index contributed by atoms with van der Waals surface area (Å²) in [5.74, 6) is -0.272. The lowest BCUT2D eigenvalue weighted by molar-refractivity contribution is 0.0949. The topological polar surface area (TPSA) is 119 Å². The van der Waals surface area contributed by atoms with Crippen molar-refractivity contribution in [3.63, 3.8) is 0 Å². The van der Waals surface area contributed by atoms with E-state index in [2.05, 4.69) is 20.3 Å². The van der Waals surface area contributed by atoms with Crippen LogP contribution in [0, 0.1) is 6.92 Å². The van der Waals surface area contributed by atoms with Crippen molar-refractivity contribution in [1.29, 1.82) is 0 Å². The number of hydrogen-bond donors (Lipinski definition) is 2. The monoisotopic (exact) mass is 449 g/mol. The quantitative estimate of drug-likeness (QED) is 0.466. The average molecular weight is 449 g/mol. The van der Waals surface area contributed by atoms with Crippen LogP contribution in [0.2, 0.25) is 0 Å². The second-order valence-electron chi connectivity index (χ2n) is 6.77. The highest BCUT2D eigenvalue weighted by molar-refractivity contribution is 7.15. The van der Waals surface area contributed by atoms with Gasteiger partial charge in [-0.2, -0.15) is 0 Å². The third-order valence-electron chi connectivity index (χ3n) is 4.76. The van der Waals surface area contributed by atoms with Gasteiger partial charge in [0, 0.05) is 29.0 Å². The van der Waals surface area contributed by atoms with Gasteiger partial charge in [-0.15, -0.1) is 11.3 Å². The molecule has 32 heavy (non-hydrogen) atoms. The number of aryl methyl sites for hydroxylation is 1. The molecule has 2 N–H and O–H groups in total. The summed E-state index contributed by atoms with van der Waals surface area (Å²) >= 11 is 1.44. The third kappa shape index (κ3) is 4.08. The minimum absolute atomic E-state index is 0.190. The summed E-state index contributed by atoms with van der Waals surface area (Å²) < 4.78 is 6.13. The van der Waals surface area contributed by atoms with Crippen LogP contribution in [0.5, 0.6) is 5.75 Å². The van der Waals surface area contributed by atoms with Crippen molar-refractivity contribution in [2.24, 2.45) is 0 Å². The van der Waals surface area contributed by atoms with Crippen molar-refractivity contribution in [3.05, 3.63) is 92.0 Å². The zero-order valence-electron chi connectivity index (χ0n) is 17.3. The van der Waals surface area contributed by atoms with Gasteiger partial charge in [0.05, 0.1) is 25.0 Å². The fourth-order valence-corrected chi connectivity index (χ4v) is 4.12. The Labute approximate surface area is 186 Å². The molecule has 0 radical (unpaired) electrons. The first kappa shape index (κ1) is 21.2. The number of carbonyl (C=O) groups excluding carboxylic acids is 1. The predicted octanol–water partition coefficient (Wildman–Crippen LogP) is 2.29. The standard InChI is InChI=1S/C22H19N5O4S/c1-13-18(32-20(26-13)14-6-5-9-23-10-14)12-24-19(28)15-11-25-22(30)27(21(15)29)16-7-3-4-8-17(16)31-2/h3-11H,12H2,1-2H3,(H,24,28)(H,25,30). The van der Waals surface area contributed by atoms with Crippen LogP contribution in [0.25, 0.3) is 16.3 Å². The summed E-state index contributed by atoms with van der Waals surface area (Å²) in [6.07, 6.45) is 4.53. The maximum atomic E-state index is 13.0. The first-order chi connectivity index (χ1) is 15.5. The van der Waals surface area contributed by atoms with Crippen molar-refractivity contribution in [2.45, 2.75) is 13.5 Å². The Balaban J connectivity index is 1.60. The predicted molar refractivity (Wildman–Crippen MR) is 120 cm³/mol. The van der Waals surface area contributed by atoms with Gasteiger partial charge in [0.2, 0.25) is 0 Å². The highest BCUT2D eigenvalue weighted by Crippen LogP contribution is 2.27. The number of methoxy groups -OCH3 is 1. The number of pyridine rings is 1. The Morgan fingerprint density at radius 2 is 2.03 bits per heavy atom. The van der Waals surface area contributed by atoms with E-state index in [1.165, 1.54) is 18.4 Å². The van der Waals surface area contributed by atoms with Crippen LogP contribution < -0.4 is 21.3 Å². The number of carbonyl (C=O) groups is 1. The van der Waals surface area contributed by atoms with Gasteiger partial charge in [0.25, 0.3) is 11.5 Å². The number of para-hydroxylation sites is 2. The summed E-state index contributed by atoms with van der Waals surface area (Å²) in [4.78, 5) is 50.0. The van der Waals surface area contributed by atoms with Crippen molar-refractivity contribution < 1.29 is 9.53 Å². The molecule has 0 unspecified atom stereocenters. The van der Waals surface area contributed by atoms with E-state index in [-0.39, 0.29) is 17.8 Å². The largest absolute Gasteiger partial charge is 0.495 e. The van der Waals surface area contributed by atoms with Gasteiger partial charge >= 0.3 is 5.69 Å². The summed E-state index contributed by atoms with van der Waals surface area (Å²) in [5, 5.41) is 3.53. The summed E-state index contributed by atoms with van der Waals surface area (Å²) in [5.41, 5.74) is 0.310. The number of rotatable bonds is 6. The first-order valence-electron chi connectivity index (χ1n) is 9.62. The minimum Gasteiger partial charge on any atom is -0.495 e. The molecule has 4 aromatic rings. The van der Waals surface area contributed by atoms with Gasteiger partial charge in [-0.25, -0.2) is 14.3 Å². The molecule has 1 amide bonds. The van der Waals surface area contributed by atoms with Crippen molar-refractivity contribution in [2.75, 3.05) is 7.11 Å². The van der Waals surface area contributed by atoms with Crippen LogP contribution in [-0.4, -0.2) is 32.5 Å². The summed E-state index contributed by atoms with van der Waals surface area (Å²) in [7, 11) is 1.44. The molecule has 3 heterocycles. The van der Waals surface area contributed by atoms with E-state index < -0.39 is 17.2 Å². The summed E-state index contributed by atoms with van der Waals surface area (Å²) in [6, 6.07) is 10.3. The normalized spacial score (nSPS) is 10.7. The lowest BCUT2D eigenvalue weighted by atomic mass is 10.2. The number of nitrogens with zero attached hydrogens (tertiary/aromatic N) is 3. The lowest BCUT2D eigenvalue weighted by Gasteiger charge is -2.11. The van der Waals surface area contributed by atoms with Crippen LogP contribution in [0.4, 0.5) is 0 Å². The Kier molecular flexibility index (Phi) is 5.95. The fraction of sp³-hybridized carbons (Fsp3) is 0.136. The van der Waals surface area contributed by atoms with E-state index >= 15 is 0 Å². The molecule has 0 aliphatic rings. The van der Waals surface area contributed by atoms with Gasteiger partial charge < -0.3 is 15.0 Å². The number of thiazole rings is 1. The van der Waals surface area contributed by atoms with Crippen LogP contribution in [0.1, 0.15) is 20.9 Å². The number of amides is 1. The zero-order valence-corrected chi connectivity index (χ0v) is 18.1. The molecule has 10 heteroatoms. The molecular weight excluding hydrogens is 430 g/mol. The molecule has 9 nitrogen and oxygen atoms in total. The molecule has 4 rings (SSSR count). The van der Waals surface area contributed by atoms with Crippen LogP contribution in [0.15, 0.2) is 64.6 Å². The minimum atomic E-state index is -0.743. The van der Waals surface area contributed by atoms with Crippen LogP contribution >= 0.6 is 11.3 Å². The van der Waals surface area contributed by atoms with Crippen molar-refractivity contribution >= 4 is 17.2 Å². The van der Waals surface area contributed by atoms with Crippen molar-refractivity contribution in [1.82, 2.24) is 24.8 Å². The van der Waals surface area contributed by atoms with E-state index in [0.29, 0.717) is 5.75 Å². The van der Waals surface area contributed by atoms with E-state index in [0.717, 1.165) is 31.9 Å². The number of hydrogen-bond acceptors (Lipinski definition) is 7. The molecule has 1 aromatic carbocycles. The maximum absolute atomic E-state index is 13.0. The van der Waals surface area contributed by atoms with Crippen LogP contribution in [0.3, 0.4) is 0 Å². The number of benzene rings is 1. The van der Waals surface area contributed by atoms with E-state index in [1.54, 1.807) is 36.7 Å². The van der Waals surface area contributed by atoms with Gasteiger partial charge in [0.15, 0.2) is 0 Å². The molecule has 0 aliphatic carbocycles. The third-order valence-corrected chi connectivity index (χ3v) is 5.96. The maximum Gasteiger partial charge on any atom is 0.333 e. The van der Waals surface area contributed by atoms with Gasteiger partial charge in [-0.05, 0) is 31.2 Å². The second kappa shape index (κ2) is 8.98. The number of ether oxygens (including phenoxy) is 1. The molecule has 3 aromatic heterocycles. The Bertz CT molecular complexity index is 1390. The van der Waals surface area contributed by atoms with E-state index in [1.807, 2.05) is 19.1 Å². The number of H-pyrrole nitrogens is 1. The average Bonchev–Trinajstić information content (AvgIpc) is 3.19. The molecule has 0 fully saturated rings.